The monoisotopic (exact) mass is 305 g/mol. The number of rotatable bonds is 6. The molecule has 2 heterocycles. The molecule has 1 saturated heterocycles. The third kappa shape index (κ3) is 3.71. The Morgan fingerprint density at radius 1 is 1.18 bits per heavy atom. The maximum atomic E-state index is 12.3. The molecule has 1 fully saturated rings. The summed E-state index contributed by atoms with van der Waals surface area (Å²) < 4.78 is 16.7. The lowest BCUT2D eigenvalue weighted by Crippen LogP contribution is -2.26. The zero-order chi connectivity index (χ0) is 15.2. The highest BCUT2D eigenvalue weighted by Gasteiger charge is 2.20. The van der Waals surface area contributed by atoms with E-state index in [4.69, 9.17) is 14.2 Å². The summed E-state index contributed by atoms with van der Waals surface area (Å²) in [6.45, 7) is 2.60. The molecule has 1 atom stereocenters. The van der Waals surface area contributed by atoms with Crippen LogP contribution in [-0.4, -0.2) is 38.4 Å². The van der Waals surface area contributed by atoms with Gasteiger partial charge in [0.1, 0.15) is 13.2 Å². The van der Waals surface area contributed by atoms with E-state index < -0.39 is 0 Å². The van der Waals surface area contributed by atoms with Crippen LogP contribution in [0.15, 0.2) is 18.2 Å². The summed E-state index contributed by atoms with van der Waals surface area (Å²) in [5.74, 6) is 1.11. The summed E-state index contributed by atoms with van der Waals surface area (Å²) >= 11 is 0. The van der Waals surface area contributed by atoms with Crippen LogP contribution in [-0.2, 0) is 4.74 Å². The highest BCUT2D eigenvalue weighted by atomic mass is 16.6. The molecule has 0 bridgehead atoms. The van der Waals surface area contributed by atoms with E-state index in [1.807, 2.05) is 12.1 Å². The molecule has 0 saturated carbocycles. The summed E-state index contributed by atoms with van der Waals surface area (Å²) in [5.41, 5.74) is 0.552. The van der Waals surface area contributed by atoms with Gasteiger partial charge in [-0.05, 0) is 44.2 Å². The van der Waals surface area contributed by atoms with Crippen LogP contribution >= 0.6 is 0 Å². The molecule has 2 aliphatic heterocycles. The number of hydrogen-bond donors (Lipinski definition) is 1. The van der Waals surface area contributed by atoms with Gasteiger partial charge in [0.15, 0.2) is 11.5 Å². The number of unbranched alkanes of at least 4 members (excludes halogenated alkanes) is 1. The largest absolute Gasteiger partial charge is 0.486 e. The second kappa shape index (κ2) is 7.49. The fourth-order valence-corrected chi connectivity index (χ4v) is 2.92. The molecule has 1 aromatic rings. The van der Waals surface area contributed by atoms with Crippen LogP contribution in [0.1, 0.15) is 42.5 Å². The van der Waals surface area contributed by atoms with Crippen LogP contribution < -0.4 is 14.8 Å². The minimum absolute atomic E-state index is 0.0977. The van der Waals surface area contributed by atoms with E-state index in [1.54, 1.807) is 6.07 Å². The average Bonchev–Trinajstić information content (AvgIpc) is 3.07. The standard InChI is InChI=1S/C17H23NO4/c19-17(18-9-2-1-5-13-6-4-10-20-13)14-7-3-8-15-16(14)22-12-11-21-15/h3,7-8,13H,1-2,4-6,9-12H2,(H,18,19). The summed E-state index contributed by atoms with van der Waals surface area (Å²) in [6, 6.07) is 5.42. The molecule has 120 valence electrons. The first kappa shape index (κ1) is 15.2. The zero-order valence-corrected chi connectivity index (χ0v) is 12.8. The van der Waals surface area contributed by atoms with Crippen molar-refractivity contribution in [3.63, 3.8) is 0 Å². The first-order valence-electron chi connectivity index (χ1n) is 8.13. The highest BCUT2D eigenvalue weighted by molar-refractivity contribution is 5.97. The van der Waals surface area contributed by atoms with Gasteiger partial charge in [-0.1, -0.05) is 6.07 Å². The summed E-state index contributed by atoms with van der Waals surface area (Å²) in [6.07, 6.45) is 5.94. The lowest BCUT2D eigenvalue weighted by molar-refractivity contribution is 0.0936. The van der Waals surface area contributed by atoms with Crippen LogP contribution in [0.25, 0.3) is 0 Å². The van der Waals surface area contributed by atoms with E-state index in [2.05, 4.69) is 5.32 Å². The molecule has 22 heavy (non-hydrogen) atoms. The highest BCUT2D eigenvalue weighted by Crippen LogP contribution is 2.33. The number of ether oxygens (including phenoxy) is 3. The summed E-state index contributed by atoms with van der Waals surface area (Å²) in [7, 11) is 0. The minimum atomic E-state index is -0.0977. The Hall–Kier alpha value is -1.75. The van der Waals surface area contributed by atoms with Crippen molar-refractivity contribution >= 4 is 5.91 Å². The zero-order valence-electron chi connectivity index (χ0n) is 12.8. The Labute approximate surface area is 130 Å². The van der Waals surface area contributed by atoms with E-state index >= 15 is 0 Å². The molecule has 0 aliphatic carbocycles. The predicted molar refractivity (Wildman–Crippen MR) is 82.6 cm³/mol. The maximum absolute atomic E-state index is 12.3. The number of carbonyl (C=O) groups excluding carboxylic acids is 1. The lowest BCUT2D eigenvalue weighted by Gasteiger charge is -2.20. The van der Waals surface area contributed by atoms with Crippen molar-refractivity contribution in [2.24, 2.45) is 0 Å². The van der Waals surface area contributed by atoms with Gasteiger partial charge in [-0.2, -0.15) is 0 Å². The molecule has 3 rings (SSSR count). The molecule has 1 N–H and O–H groups in total. The van der Waals surface area contributed by atoms with Gasteiger partial charge in [0.25, 0.3) is 5.91 Å². The van der Waals surface area contributed by atoms with Crippen LogP contribution in [0.2, 0.25) is 0 Å². The normalized spacial score (nSPS) is 19.9. The van der Waals surface area contributed by atoms with E-state index in [0.29, 0.717) is 42.9 Å². The first-order valence-corrected chi connectivity index (χ1v) is 8.13. The van der Waals surface area contributed by atoms with Gasteiger partial charge in [-0.15, -0.1) is 0 Å². The topological polar surface area (TPSA) is 56.8 Å². The molecule has 1 amide bonds. The number of amides is 1. The molecule has 0 aromatic heterocycles. The lowest BCUT2D eigenvalue weighted by atomic mass is 10.1. The number of para-hydroxylation sites is 1. The maximum Gasteiger partial charge on any atom is 0.255 e. The number of nitrogens with one attached hydrogen (secondary N) is 1. The van der Waals surface area contributed by atoms with E-state index in [1.165, 1.54) is 12.8 Å². The summed E-state index contributed by atoms with van der Waals surface area (Å²) in [4.78, 5) is 12.3. The molecule has 0 radical (unpaired) electrons. The molecular weight excluding hydrogens is 282 g/mol. The van der Waals surface area contributed by atoms with Crippen molar-refractivity contribution in [1.29, 1.82) is 0 Å². The van der Waals surface area contributed by atoms with Gasteiger partial charge >= 0.3 is 0 Å². The van der Waals surface area contributed by atoms with Crippen molar-refractivity contribution in [1.82, 2.24) is 5.32 Å². The molecule has 5 heteroatoms. The first-order chi connectivity index (χ1) is 10.8. The Morgan fingerprint density at radius 2 is 2.09 bits per heavy atom. The van der Waals surface area contributed by atoms with Crippen LogP contribution in [0.5, 0.6) is 11.5 Å². The Kier molecular flexibility index (Phi) is 5.16. The Morgan fingerprint density at radius 3 is 2.95 bits per heavy atom. The average molecular weight is 305 g/mol. The van der Waals surface area contributed by atoms with Crippen LogP contribution in [0.3, 0.4) is 0 Å². The van der Waals surface area contributed by atoms with E-state index in [-0.39, 0.29) is 5.91 Å². The Balaban J connectivity index is 1.44. The number of fused-ring (bicyclic) bond motifs is 1. The quantitative estimate of drug-likeness (QED) is 0.821. The van der Waals surface area contributed by atoms with Gasteiger partial charge in [0, 0.05) is 13.2 Å². The molecule has 2 aliphatic rings. The molecule has 0 spiro atoms. The van der Waals surface area contributed by atoms with Crippen molar-refractivity contribution in [2.45, 2.75) is 38.2 Å². The van der Waals surface area contributed by atoms with E-state index in [0.717, 1.165) is 25.9 Å². The van der Waals surface area contributed by atoms with Gasteiger partial charge in [0.05, 0.1) is 11.7 Å². The smallest absolute Gasteiger partial charge is 0.255 e. The van der Waals surface area contributed by atoms with Crippen molar-refractivity contribution in [2.75, 3.05) is 26.4 Å². The SMILES string of the molecule is O=C(NCCCCC1CCCO1)c1cccc2c1OCCO2. The van der Waals surface area contributed by atoms with Crippen LogP contribution in [0.4, 0.5) is 0 Å². The third-order valence-electron chi connectivity index (χ3n) is 4.07. The Bertz CT molecular complexity index is 511. The molecule has 5 nitrogen and oxygen atoms in total. The van der Waals surface area contributed by atoms with Gasteiger partial charge in [0.2, 0.25) is 0 Å². The van der Waals surface area contributed by atoms with Gasteiger partial charge < -0.3 is 19.5 Å². The second-order valence-electron chi connectivity index (χ2n) is 5.72. The van der Waals surface area contributed by atoms with Crippen molar-refractivity contribution in [3.8, 4) is 11.5 Å². The number of carbonyl (C=O) groups is 1. The second-order valence-corrected chi connectivity index (χ2v) is 5.72. The van der Waals surface area contributed by atoms with Gasteiger partial charge in [-0.3, -0.25) is 4.79 Å². The van der Waals surface area contributed by atoms with Crippen LogP contribution in [0, 0.1) is 0 Å². The van der Waals surface area contributed by atoms with Gasteiger partial charge in [-0.25, -0.2) is 0 Å². The van der Waals surface area contributed by atoms with Crippen molar-refractivity contribution in [3.05, 3.63) is 23.8 Å². The minimum Gasteiger partial charge on any atom is -0.486 e. The summed E-state index contributed by atoms with van der Waals surface area (Å²) in [5, 5.41) is 2.96. The predicted octanol–water partition coefficient (Wildman–Crippen LogP) is 2.54. The molecule has 1 aromatic carbocycles. The van der Waals surface area contributed by atoms with Crippen molar-refractivity contribution < 1.29 is 19.0 Å². The number of benzene rings is 1. The van der Waals surface area contributed by atoms with E-state index in [9.17, 15) is 4.79 Å². The fraction of sp³-hybridized carbons (Fsp3) is 0.588. The fourth-order valence-electron chi connectivity index (χ4n) is 2.92. The molecular formula is C17H23NO4. The molecule has 1 unspecified atom stereocenters. The third-order valence-corrected chi connectivity index (χ3v) is 4.07. The number of hydrogen-bond acceptors (Lipinski definition) is 4.